The van der Waals surface area contributed by atoms with Gasteiger partial charge in [0.15, 0.2) is 5.78 Å². The van der Waals surface area contributed by atoms with Crippen molar-refractivity contribution in [3.05, 3.63) is 52.0 Å². The fourth-order valence-electron chi connectivity index (χ4n) is 2.54. The maximum absolute atomic E-state index is 12.7. The van der Waals surface area contributed by atoms with Gasteiger partial charge in [-0.15, -0.1) is 0 Å². The van der Waals surface area contributed by atoms with E-state index >= 15 is 0 Å². The summed E-state index contributed by atoms with van der Waals surface area (Å²) in [6.45, 7) is 7.01. The number of aryl methyl sites for hydroxylation is 2. The van der Waals surface area contributed by atoms with Crippen LogP contribution in [0.15, 0.2) is 35.3 Å². The summed E-state index contributed by atoms with van der Waals surface area (Å²) in [7, 11) is 3.55. The summed E-state index contributed by atoms with van der Waals surface area (Å²) >= 11 is 6.07. The first-order valence-corrected chi connectivity index (χ1v) is 9.19. The number of nitrogens with zero attached hydrogens (tertiary/aromatic N) is 2. The Morgan fingerprint density at radius 1 is 1.22 bits per heavy atom. The van der Waals surface area contributed by atoms with E-state index < -0.39 is 0 Å². The lowest BCUT2D eigenvalue weighted by atomic mass is 10.0. The maximum Gasteiger partial charge on any atom is 0.182 e. The number of ether oxygens (including phenoxy) is 1. The number of benzene rings is 2. The Balaban J connectivity index is 2.13. The minimum Gasteiger partial charge on any atom is -0.497 e. The lowest BCUT2D eigenvalue weighted by Crippen LogP contribution is -2.16. The van der Waals surface area contributed by atoms with E-state index in [0.717, 1.165) is 29.0 Å². The molecule has 0 atom stereocenters. The highest BCUT2D eigenvalue weighted by molar-refractivity contribution is 6.31. The van der Waals surface area contributed by atoms with Crippen molar-refractivity contribution < 1.29 is 9.53 Å². The second kappa shape index (κ2) is 9.42. The average Bonchev–Trinajstić information content (AvgIpc) is 2.65. The number of rotatable bonds is 8. The molecule has 0 aliphatic carbocycles. The summed E-state index contributed by atoms with van der Waals surface area (Å²) in [6.07, 6.45) is 1.80. The van der Waals surface area contributed by atoms with Gasteiger partial charge in [-0.1, -0.05) is 11.6 Å². The van der Waals surface area contributed by atoms with E-state index in [4.69, 9.17) is 16.3 Å². The Labute approximate surface area is 166 Å². The summed E-state index contributed by atoms with van der Waals surface area (Å²) in [4.78, 5) is 19.2. The highest BCUT2D eigenvalue weighted by atomic mass is 35.5. The number of Topliss-reactive ketones (excluding diaryl/α,β-unsaturated/α-hetero) is 1. The van der Waals surface area contributed by atoms with Crippen LogP contribution in [0.2, 0.25) is 5.02 Å². The molecule has 0 radical (unpaired) electrons. The normalized spacial score (nSPS) is 10.9. The number of halogens is 1. The average molecular weight is 388 g/mol. The summed E-state index contributed by atoms with van der Waals surface area (Å²) in [5, 5.41) is 3.67. The monoisotopic (exact) mass is 387 g/mol. The zero-order valence-electron chi connectivity index (χ0n) is 16.5. The molecular weight excluding hydrogens is 362 g/mol. The summed E-state index contributed by atoms with van der Waals surface area (Å²) in [6, 6.07) is 9.13. The fourth-order valence-corrected chi connectivity index (χ4v) is 2.77. The van der Waals surface area contributed by atoms with Crippen molar-refractivity contribution in [2.24, 2.45) is 4.99 Å². The molecule has 0 aliphatic heterocycles. The Morgan fingerprint density at radius 2 is 1.96 bits per heavy atom. The van der Waals surface area contributed by atoms with E-state index in [1.54, 1.807) is 31.6 Å². The highest BCUT2D eigenvalue weighted by Gasteiger charge is 2.12. The number of aliphatic imine (C=N–C) groups is 1. The van der Waals surface area contributed by atoms with E-state index in [-0.39, 0.29) is 12.3 Å². The molecule has 2 rings (SSSR count). The molecule has 0 amide bonds. The zero-order chi connectivity index (χ0) is 20.0. The van der Waals surface area contributed by atoms with Crippen molar-refractivity contribution in [3.63, 3.8) is 0 Å². The van der Waals surface area contributed by atoms with Gasteiger partial charge >= 0.3 is 0 Å². The van der Waals surface area contributed by atoms with Gasteiger partial charge < -0.3 is 15.0 Å². The molecule has 0 aliphatic rings. The number of anilines is 1. The predicted molar refractivity (Wildman–Crippen MR) is 113 cm³/mol. The molecule has 0 saturated heterocycles. The van der Waals surface area contributed by atoms with Gasteiger partial charge in [-0.2, -0.15) is 0 Å². The van der Waals surface area contributed by atoms with Gasteiger partial charge in [0.1, 0.15) is 5.75 Å². The molecule has 5 nitrogen and oxygen atoms in total. The minimum atomic E-state index is 0.00995. The van der Waals surface area contributed by atoms with Gasteiger partial charge in [-0.25, -0.2) is 4.99 Å². The van der Waals surface area contributed by atoms with Crippen LogP contribution in [0.3, 0.4) is 0 Å². The molecule has 0 fully saturated rings. The molecule has 144 valence electrons. The van der Waals surface area contributed by atoms with Crippen molar-refractivity contribution in [2.75, 3.05) is 32.6 Å². The van der Waals surface area contributed by atoms with E-state index in [1.807, 2.05) is 37.9 Å². The van der Waals surface area contributed by atoms with Crippen LogP contribution in [0.5, 0.6) is 5.75 Å². The van der Waals surface area contributed by atoms with Gasteiger partial charge in [0.25, 0.3) is 0 Å². The standard InChI is InChI=1S/C21H26ClN3O2/c1-6-25(4)13-24-20-8-14(2)19(7-15(20)3)21(26)12-23-17-9-16(22)10-18(11-17)27-5/h7-11,13,23H,6,12H2,1-5H3. The molecule has 0 bridgehead atoms. The van der Waals surface area contributed by atoms with Gasteiger partial charge in [-0.3, -0.25) is 4.79 Å². The Kier molecular flexibility index (Phi) is 7.25. The number of methoxy groups -OCH3 is 1. The third-order valence-corrected chi connectivity index (χ3v) is 4.51. The Hall–Kier alpha value is -2.53. The van der Waals surface area contributed by atoms with E-state index in [1.165, 1.54) is 0 Å². The SMILES string of the molecule is CCN(C)C=Nc1cc(C)c(C(=O)CNc2cc(Cl)cc(OC)c2)cc1C. The molecule has 0 aromatic heterocycles. The van der Waals surface area contributed by atoms with Gasteiger partial charge in [-0.05, 0) is 56.2 Å². The van der Waals surface area contributed by atoms with Crippen LogP contribution in [0.4, 0.5) is 11.4 Å². The number of carbonyl (C=O) groups excluding carboxylic acids is 1. The third kappa shape index (κ3) is 5.73. The van der Waals surface area contributed by atoms with E-state index in [9.17, 15) is 4.79 Å². The zero-order valence-corrected chi connectivity index (χ0v) is 17.2. The molecule has 0 heterocycles. The molecular formula is C21H26ClN3O2. The van der Waals surface area contributed by atoms with E-state index in [0.29, 0.717) is 16.3 Å². The smallest absolute Gasteiger partial charge is 0.182 e. The van der Waals surface area contributed by atoms with Crippen molar-refractivity contribution in [1.82, 2.24) is 4.90 Å². The first-order chi connectivity index (χ1) is 12.8. The van der Waals surface area contributed by atoms with Crippen LogP contribution in [-0.4, -0.2) is 44.3 Å². The quantitative estimate of drug-likeness (QED) is 0.398. The highest BCUT2D eigenvalue weighted by Crippen LogP contribution is 2.25. The summed E-state index contributed by atoms with van der Waals surface area (Å²) in [5.74, 6) is 0.652. The summed E-state index contributed by atoms with van der Waals surface area (Å²) < 4.78 is 5.20. The molecule has 0 saturated carbocycles. The second-order valence-corrected chi connectivity index (χ2v) is 6.86. The van der Waals surface area contributed by atoms with E-state index in [2.05, 4.69) is 17.2 Å². The van der Waals surface area contributed by atoms with Crippen molar-refractivity contribution in [2.45, 2.75) is 20.8 Å². The lowest BCUT2D eigenvalue weighted by Gasteiger charge is -2.12. The predicted octanol–water partition coefficient (Wildman–Crippen LogP) is 4.87. The number of ketones is 1. The molecule has 0 unspecified atom stereocenters. The second-order valence-electron chi connectivity index (χ2n) is 6.43. The summed E-state index contributed by atoms with van der Waals surface area (Å²) in [5.41, 5.74) is 4.18. The van der Waals surface area contributed by atoms with Gasteiger partial charge in [0.05, 0.1) is 25.7 Å². The van der Waals surface area contributed by atoms with Crippen LogP contribution in [0, 0.1) is 13.8 Å². The molecule has 2 aromatic rings. The van der Waals surface area contributed by atoms with Gasteiger partial charge in [0, 0.05) is 35.9 Å². The maximum atomic E-state index is 12.7. The fraction of sp³-hybridized carbons (Fsp3) is 0.333. The largest absolute Gasteiger partial charge is 0.497 e. The topological polar surface area (TPSA) is 53.9 Å². The first-order valence-electron chi connectivity index (χ1n) is 8.81. The van der Waals surface area contributed by atoms with Gasteiger partial charge in [0.2, 0.25) is 0 Å². The lowest BCUT2D eigenvalue weighted by molar-refractivity contribution is 0.101. The van der Waals surface area contributed by atoms with Crippen LogP contribution in [-0.2, 0) is 0 Å². The van der Waals surface area contributed by atoms with Crippen LogP contribution >= 0.6 is 11.6 Å². The number of hydrogen-bond donors (Lipinski definition) is 1. The molecule has 2 aromatic carbocycles. The number of hydrogen-bond acceptors (Lipinski definition) is 4. The van der Waals surface area contributed by atoms with Crippen molar-refractivity contribution in [3.8, 4) is 5.75 Å². The minimum absolute atomic E-state index is 0.00995. The van der Waals surface area contributed by atoms with Crippen molar-refractivity contribution >= 4 is 35.1 Å². The van der Waals surface area contributed by atoms with Crippen LogP contribution in [0.1, 0.15) is 28.4 Å². The van der Waals surface area contributed by atoms with Crippen LogP contribution < -0.4 is 10.1 Å². The van der Waals surface area contributed by atoms with Crippen molar-refractivity contribution in [1.29, 1.82) is 0 Å². The molecule has 1 N–H and O–H groups in total. The third-order valence-electron chi connectivity index (χ3n) is 4.30. The number of carbonyl (C=O) groups is 1. The Bertz CT molecular complexity index is 850. The first kappa shape index (κ1) is 20.8. The molecule has 27 heavy (non-hydrogen) atoms. The van der Waals surface area contributed by atoms with Crippen LogP contribution in [0.25, 0.3) is 0 Å². The molecule has 6 heteroatoms. The Morgan fingerprint density at radius 3 is 2.63 bits per heavy atom. The number of nitrogens with one attached hydrogen (secondary N) is 1. The molecule has 0 spiro atoms.